The van der Waals surface area contributed by atoms with Crippen molar-refractivity contribution in [2.75, 3.05) is 13.2 Å². The van der Waals surface area contributed by atoms with E-state index in [9.17, 15) is 0 Å². The zero-order chi connectivity index (χ0) is 14.3. The normalized spacial score (nSPS) is 14.2. The summed E-state index contributed by atoms with van der Waals surface area (Å²) in [6.45, 7) is 12.7. The van der Waals surface area contributed by atoms with Crippen LogP contribution in [0, 0.1) is 12.8 Å². The van der Waals surface area contributed by atoms with Crippen molar-refractivity contribution in [1.82, 2.24) is 5.32 Å². The number of benzene rings is 1. The number of aryl methyl sites for hydroxylation is 1. The molecular formula is C17H29NO. The average Bonchev–Trinajstić information content (AvgIpc) is 2.41. The van der Waals surface area contributed by atoms with Crippen LogP contribution in [0.3, 0.4) is 0 Å². The monoisotopic (exact) mass is 263 g/mol. The van der Waals surface area contributed by atoms with Crippen molar-refractivity contribution in [2.45, 2.75) is 53.5 Å². The van der Waals surface area contributed by atoms with Gasteiger partial charge >= 0.3 is 0 Å². The molecule has 0 heterocycles. The summed E-state index contributed by atoms with van der Waals surface area (Å²) in [7, 11) is 0. The number of nitrogens with one attached hydrogen (secondary N) is 1. The number of hydrogen-bond acceptors (Lipinski definition) is 2. The molecule has 0 aliphatic rings. The third-order valence-corrected chi connectivity index (χ3v) is 3.63. The van der Waals surface area contributed by atoms with Gasteiger partial charge in [0.05, 0.1) is 6.61 Å². The van der Waals surface area contributed by atoms with E-state index in [1.54, 1.807) is 0 Å². The summed E-state index contributed by atoms with van der Waals surface area (Å²) in [5.74, 6) is 1.63. The molecule has 2 nitrogen and oxygen atoms in total. The average molecular weight is 263 g/mol. The molecule has 0 amide bonds. The van der Waals surface area contributed by atoms with E-state index in [0.29, 0.717) is 12.0 Å². The minimum atomic E-state index is 0.381. The molecule has 2 heteroatoms. The molecule has 1 rings (SSSR count). The van der Waals surface area contributed by atoms with Crippen molar-refractivity contribution >= 4 is 0 Å². The topological polar surface area (TPSA) is 21.3 Å². The van der Waals surface area contributed by atoms with Gasteiger partial charge in [0.15, 0.2) is 0 Å². The summed E-state index contributed by atoms with van der Waals surface area (Å²) in [5, 5.41) is 3.68. The number of ether oxygens (including phenoxy) is 1. The fourth-order valence-corrected chi connectivity index (χ4v) is 2.35. The van der Waals surface area contributed by atoms with Gasteiger partial charge in [-0.05, 0) is 38.8 Å². The zero-order valence-electron chi connectivity index (χ0n) is 13.1. The second-order valence-corrected chi connectivity index (χ2v) is 5.29. The SMILES string of the molecule is CCCNC(c1cc(C)ccc1OCC)C(C)CC. The van der Waals surface area contributed by atoms with Gasteiger partial charge in [-0.1, -0.05) is 44.9 Å². The Labute approximate surface area is 118 Å². The summed E-state index contributed by atoms with van der Waals surface area (Å²) in [6.07, 6.45) is 2.32. The van der Waals surface area contributed by atoms with Crippen LogP contribution >= 0.6 is 0 Å². The Morgan fingerprint density at radius 3 is 2.53 bits per heavy atom. The van der Waals surface area contributed by atoms with Gasteiger partial charge in [-0.15, -0.1) is 0 Å². The molecule has 0 aliphatic heterocycles. The Balaban J connectivity index is 3.07. The standard InChI is InChI=1S/C17H29NO/c1-6-11-18-17(14(5)7-2)15-12-13(4)9-10-16(15)19-8-3/h9-10,12,14,17-18H,6-8,11H2,1-5H3. The van der Waals surface area contributed by atoms with E-state index in [-0.39, 0.29) is 0 Å². The second-order valence-electron chi connectivity index (χ2n) is 5.29. The van der Waals surface area contributed by atoms with Crippen molar-refractivity contribution in [1.29, 1.82) is 0 Å². The minimum absolute atomic E-state index is 0.381. The molecule has 0 spiro atoms. The van der Waals surface area contributed by atoms with Crippen molar-refractivity contribution < 1.29 is 4.74 Å². The van der Waals surface area contributed by atoms with Gasteiger partial charge in [-0.3, -0.25) is 0 Å². The van der Waals surface area contributed by atoms with Crippen LogP contribution in [-0.2, 0) is 0 Å². The van der Waals surface area contributed by atoms with Gasteiger partial charge < -0.3 is 10.1 Å². The summed E-state index contributed by atoms with van der Waals surface area (Å²) in [4.78, 5) is 0. The van der Waals surface area contributed by atoms with Crippen LogP contribution < -0.4 is 10.1 Å². The van der Waals surface area contributed by atoms with Crippen molar-refractivity contribution in [3.05, 3.63) is 29.3 Å². The van der Waals surface area contributed by atoms with E-state index in [1.165, 1.54) is 17.5 Å². The van der Waals surface area contributed by atoms with Gasteiger partial charge in [-0.2, -0.15) is 0 Å². The molecule has 0 saturated carbocycles. The van der Waals surface area contributed by atoms with Crippen molar-refractivity contribution in [2.24, 2.45) is 5.92 Å². The Bertz CT molecular complexity index is 376. The number of rotatable bonds is 8. The first-order valence-corrected chi connectivity index (χ1v) is 7.60. The van der Waals surface area contributed by atoms with Crippen LogP contribution in [0.5, 0.6) is 5.75 Å². The van der Waals surface area contributed by atoms with Gasteiger partial charge in [-0.25, -0.2) is 0 Å². The summed E-state index contributed by atoms with van der Waals surface area (Å²) >= 11 is 0. The maximum Gasteiger partial charge on any atom is 0.124 e. The quantitative estimate of drug-likeness (QED) is 0.746. The molecule has 2 atom stereocenters. The van der Waals surface area contributed by atoms with E-state index >= 15 is 0 Å². The highest BCUT2D eigenvalue weighted by Crippen LogP contribution is 2.32. The van der Waals surface area contributed by atoms with E-state index in [2.05, 4.69) is 51.2 Å². The molecule has 0 radical (unpaired) electrons. The summed E-state index contributed by atoms with van der Waals surface area (Å²) < 4.78 is 5.81. The first-order valence-electron chi connectivity index (χ1n) is 7.60. The Morgan fingerprint density at radius 2 is 1.95 bits per heavy atom. The number of hydrogen-bond donors (Lipinski definition) is 1. The Hall–Kier alpha value is -1.02. The van der Waals surface area contributed by atoms with Gasteiger partial charge in [0.1, 0.15) is 5.75 Å². The molecule has 2 unspecified atom stereocenters. The van der Waals surface area contributed by atoms with Crippen LogP contribution in [0.1, 0.15) is 57.7 Å². The highest BCUT2D eigenvalue weighted by atomic mass is 16.5. The molecule has 1 aromatic rings. The van der Waals surface area contributed by atoms with Gasteiger partial charge in [0, 0.05) is 11.6 Å². The highest BCUT2D eigenvalue weighted by molar-refractivity contribution is 5.39. The van der Waals surface area contributed by atoms with Crippen LogP contribution in [0.25, 0.3) is 0 Å². The molecule has 0 fully saturated rings. The van der Waals surface area contributed by atoms with E-state index in [4.69, 9.17) is 4.74 Å². The molecule has 0 saturated heterocycles. The first-order chi connectivity index (χ1) is 9.13. The predicted molar refractivity (Wildman–Crippen MR) is 82.8 cm³/mol. The lowest BCUT2D eigenvalue weighted by Gasteiger charge is -2.27. The van der Waals surface area contributed by atoms with Crippen molar-refractivity contribution in [3.63, 3.8) is 0 Å². The lowest BCUT2D eigenvalue weighted by Crippen LogP contribution is -2.28. The fourth-order valence-electron chi connectivity index (χ4n) is 2.35. The molecular weight excluding hydrogens is 234 g/mol. The van der Waals surface area contributed by atoms with Crippen LogP contribution in [0.15, 0.2) is 18.2 Å². The Morgan fingerprint density at radius 1 is 1.21 bits per heavy atom. The highest BCUT2D eigenvalue weighted by Gasteiger charge is 2.21. The smallest absolute Gasteiger partial charge is 0.124 e. The van der Waals surface area contributed by atoms with E-state index in [0.717, 1.165) is 25.3 Å². The molecule has 0 aromatic heterocycles. The molecule has 19 heavy (non-hydrogen) atoms. The zero-order valence-corrected chi connectivity index (χ0v) is 13.1. The molecule has 108 valence electrons. The van der Waals surface area contributed by atoms with Gasteiger partial charge in [0.2, 0.25) is 0 Å². The molecule has 1 aromatic carbocycles. The fraction of sp³-hybridized carbons (Fsp3) is 0.647. The van der Waals surface area contributed by atoms with Crippen LogP contribution in [0.4, 0.5) is 0 Å². The second kappa shape index (κ2) is 8.21. The molecule has 0 bridgehead atoms. The van der Waals surface area contributed by atoms with E-state index in [1.807, 2.05) is 6.92 Å². The Kier molecular flexibility index (Phi) is 6.93. The van der Waals surface area contributed by atoms with E-state index < -0.39 is 0 Å². The maximum absolute atomic E-state index is 5.81. The first kappa shape index (κ1) is 16.0. The summed E-state index contributed by atoms with van der Waals surface area (Å²) in [5.41, 5.74) is 2.61. The van der Waals surface area contributed by atoms with Crippen LogP contribution in [0.2, 0.25) is 0 Å². The largest absolute Gasteiger partial charge is 0.494 e. The molecule has 0 aliphatic carbocycles. The minimum Gasteiger partial charge on any atom is -0.494 e. The summed E-state index contributed by atoms with van der Waals surface area (Å²) in [6, 6.07) is 6.88. The van der Waals surface area contributed by atoms with Gasteiger partial charge in [0.25, 0.3) is 0 Å². The maximum atomic E-state index is 5.81. The van der Waals surface area contributed by atoms with Crippen molar-refractivity contribution in [3.8, 4) is 5.75 Å². The predicted octanol–water partition coefficient (Wildman–Crippen LogP) is 4.48. The third kappa shape index (κ3) is 4.54. The third-order valence-electron chi connectivity index (χ3n) is 3.63. The molecule has 1 N–H and O–H groups in total. The lowest BCUT2D eigenvalue weighted by atomic mass is 9.91. The lowest BCUT2D eigenvalue weighted by molar-refractivity contribution is 0.316. The van der Waals surface area contributed by atoms with Crippen LogP contribution in [-0.4, -0.2) is 13.2 Å².